The molecule has 9 heteroatoms. The largest absolute Gasteiger partial charge is 0.354 e. The molecule has 164 valence electrons. The Balaban J connectivity index is 1.63. The molecule has 0 spiro atoms. The van der Waals surface area contributed by atoms with Crippen LogP contribution in [0.4, 0.5) is 4.39 Å². The van der Waals surface area contributed by atoms with Crippen molar-refractivity contribution in [2.24, 2.45) is 5.92 Å². The van der Waals surface area contributed by atoms with Crippen molar-refractivity contribution in [2.75, 3.05) is 19.6 Å². The summed E-state index contributed by atoms with van der Waals surface area (Å²) >= 11 is 0. The monoisotopic (exact) mass is 436 g/mol. The lowest BCUT2D eigenvalue weighted by atomic mass is 10.0. The molecule has 1 amide bonds. The van der Waals surface area contributed by atoms with Gasteiger partial charge >= 0.3 is 0 Å². The van der Waals surface area contributed by atoms with Crippen molar-refractivity contribution in [2.45, 2.75) is 51.5 Å². The van der Waals surface area contributed by atoms with Crippen molar-refractivity contribution >= 4 is 15.9 Å². The number of nitrogens with zero attached hydrogens (tertiary/aromatic N) is 3. The molecule has 7 nitrogen and oxygen atoms in total. The van der Waals surface area contributed by atoms with Gasteiger partial charge in [-0.15, -0.1) is 0 Å². The van der Waals surface area contributed by atoms with Gasteiger partial charge in [-0.3, -0.25) is 9.48 Å². The molecule has 0 radical (unpaired) electrons. The maximum atomic E-state index is 13.1. The van der Waals surface area contributed by atoms with Gasteiger partial charge in [0, 0.05) is 19.6 Å². The van der Waals surface area contributed by atoms with E-state index in [0.29, 0.717) is 43.4 Å². The predicted octanol–water partition coefficient (Wildman–Crippen LogP) is 2.42. The van der Waals surface area contributed by atoms with Crippen molar-refractivity contribution < 1.29 is 17.6 Å². The molecule has 1 aliphatic heterocycles. The molecule has 1 N–H and O–H groups in total. The minimum atomic E-state index is -3.63. The van der Waals surface area contributed by atoms with Gasteiger partial charge in [-0.25, -0.2) is 12.8 Å². The summed E-state index contributed by atoms with van der Waals surface area (Å²) in [7, 11) is -3.63. The van der Waals surface area contributed by atoms with Gasteiger partial charge in [0.2, 0.25) is 15.9 Å². The minimum absolute atomic E-state index is 0.0529. The highest BCUT2D eigenvalue weighted by atomic mass is 32.2. The molecule has 30 heavy (non-hydrogen) atoms. The number of amides is 1. The fourth-order valence-corrected chi connectivity index (χ4v) is 5.59. The van der Waals surface area contributed by atoms with Crippen LogP contribution in [0.25, 0.3) is 0 Å². The summed E-state index contributed by atoms with van der Waals surface area (Å²) in [6.07, 6.45) is 2.28. The van der Waals surface area contributed by atoms with Crippen LogP contribution in [-0.4, -0.2) is 48.0 Å². The Morgan fingerprint density at radius 3 is 2.47 bits per heavy atom. The lowest BCUT2D eigenvalue weighted by Crippen LogP contribution is -2.38. The van der Waals surface area contributed by atoms with Gasteiger partial charge in [0.1, 0.15) is 17.3 Å². The first-order valence-corrected chi connectivity index (χ1v) is 11.7. The number of rotatable bonds is 7. The van der Waals surface area contributed by atoms with Crippen molar-refractivity contribution in [1.82, 2.24) is 19.4 Å². The van der Waals surface area contributed by atoms with Crippen molar-refractivity contribution in [1.29, 1.82) is 0 Å². The molecule has 2 heterocycles. The van der Waals surface area contributed by atoms with Crippen LogP contribution < -0.4 is 5.32 Å². The number of nitrogens with one attached hydrogen (secondary N) is 1. The van der Waals surface area contributed by atoms with Gasteiger partial charge in [-0.05, 0) is 56.7 Å². The lowest BCUT2D eigenvalue weighted by molar-refractivity contribution is -0.121. The van der Waals surface area contributed by atoms with Gasteiger partial charge in [-0.2, -0.15) is 9.40 Å². The summed E-state index contributed by atoms with van der Waals surface area (Å²) in [4.78, 5) is 12.5. The van der Waals surface area contributed by atoms with Crippen molar-refractivity contribution in [3.05, 3.63) is 47.0 Å². The van der Waals surface area contributed by atoms with E-state index >= 15 is 0 Å². The lowest BCUT2D eigenvalue weighted by Gasteiger charge is -2.29. The maximum absolute atomic E-state index is 13.1. The molecule has 0 unspecified atom stereocenters. The Hall–Kier alpha value is -2.26. The summed E-state index contributed by atoms with van der Waals surface area (Å²) in [5, 5.41) is 7.11. The number of hydrogen-bond acceptors (Lipinski definition) is 4. The second-order valence-electron chi connectivity index (χ2n) is 7.97. The third-order valence-electron chi connectivity index (χ3n) is 5.60. The summed E-state index contributed by atoms with van der Waals surface area (Å²) in [6, 6.07) is 6.14. The summed E-state index contributed by atoms with van der Waals surface area (Å²) in [5.41, 5.74) is 1.80. The fourth-order valence-electron chi connectivity index (χ4n) is 3.75. The zero-order valence-corrected chi connectivity index (χ0v) is 18.5. The van der Waals surface area contributed by atoms with Crippen LogP contribution in [0.1, 0.15) is 36.7 Å². The molecule has 1 saturated heterocycles. The van der Waals surface area contributed by atoms with Crippen LogP contribution in [0.2, 0.25) is 0 Å². The van der Waals surface area contributed by atoms with E-state index in [4.69, 9.17) is 0 Å². The van der Waals surface area contributed by atoms with Gasteiger partial charge in [-0.1, -0.05) is 19.1 Å². The zero-order valence-electron chi connectivity index (χ0n) is 17.7. The molecular weight excluding hydrogens is 407 g/mol. The molecule has 3 rings (SSSR count). The third kappa shape index (κ3) is 5.07. The van der Waals surface area contributed by atoms with Crippen LogP contribution in [0.15, 0.2) is 29.2 Å². The Kier molecular flexibility index (Phi) is 6.92. The fraction of sp³-hybridized carbons (Fsp3) is 0.524. The second-order valence-corrected chi connectivity index (χ2v) is 9.85. The first-order valence-electron chi connectivity index (χ1n) is 10.2. The minimum Gasteiger partial charge on any atom is -0.354 e. The van der Waals surface area contributed by atoms with E-state index < -0.39 is 10.0 Å². The molecular formula is C21H29FN4O3S. The molecule has 1 aliphatic rings. The number of aryl methyl sites for hydroxylation is 1. The van der Waals surface area contributed by atoms with Crippen molar-refractivity contribution in [3.8, 4) is 0 Å². The number of benzene rings is 1. The van der Waals surface area contributed by atoms with Crippen LogP contribution >= 0.6 is 0 Å². The Labute approximate surface area is 177 Å². The second kappa shape index (κ2) is 9.26. The van der Waals surface area contributed by atoms with Crippen LogP contribution in [0.5, 0.6) is 0 Å². The van der Waals surface area contributed by atoms with E-state index in [2.05, 4.69) is 17.3 Å². The number of carbonyl (C=O) groups is 1. The first-order chi connectivity index (χ1) is 14.2. The molecule has 1 fully saturated rings. The number of piperidine rings is 1. The number of halogens is 1. The molecule has 2 aromatic rings. The van der Waals surface area contributed by atoms with Gasteiger partial charge in [0.25, 0.3) is 0 Å². The normalized spacial score (nSPS) is 16.0. The summed E-state index contributed by atoms with van der Waals surface area (Å²) in [5.74, 6) is -0.0180. The highest BCUT2D eigenvalue weighted by molar-refractivity contribution is 7.89. The Bertz CT molecular complexity index is 994. The highest BCUT2D eigenvalue weighted by Gasteiger charge is 2.33. The molecule has 0 bridgehead atoms. The zero-order chi connectivity index (χ0) is 21.9. The van der Waals surface area contributed by atoms with Crippen LogP contribution in [-0.2, 0) is 27.8 Å². The van der Waals surface area contributed by atoms with E-state index in [-0.39, 0.29) is 23.2 Å². The average Bonchev–Trinajstić information content (AvgIpc) is 2.97. The highest BCUT2D eigenvalue weighted by Crippen LogP contribution is 2.27. The SMILES string of the molecule is Cc1nn(CC(=O)NCCc2ccc(F)cc2)c(C)c1S(=O)(=O)N1CCC(C)CC1. The van der Waals surface area contributed by atoms with Gasteiger partial charge in [0.05, 0.1) is 11.4 Å². The van der Waals surface area contributed by atoms with Crippen LogP contribution in [0, 0.1) is 25.6 Å². The molecule has 0 atom stereocenters. The molecule has 1 aromatic heterocycles. The van der Waals surface area contributed by atoms with Gasteiger partial charge < -0.3 is 5.32 Å². The number of carbonyl (C=O) groups excluding carboxylic acids is 1. The average molecular weight is 437 g/mol. The number of hydrogen-bond donors (Lipinski definition) is 1. The maximum Gasteiger partial charge on any atom is 0.246 e. The number of aromatic nitrogens is 2. The van der Waals surface area contributed by atoms with Crippen molar-refractivity contribution in [3.63, 3.8) is 0 Å². The van der Waals surface area contributed by atoms with E-state index in [1.165, 1.54) is 21.1 Å². The molecule has 0 saturated carbocycles. The Morgan fingerprint density at radius 2 is 1.83 bits per heavy atom. The first kappa shape index (κ1) is 22.4. The summed E-state index contributed by atoms with van der Waals surface area (Å²) < 4.78 is 42.2. The standard InChI is InChI=1S/C21H29FN4O3S/c1-15-9-12-25(13-10-15)30(28,29)21-16(2)24-26(17(21)3)14-20(27)23-11-8-18-4-6-19(22)7-5-18/h4-7,15H,8-14H2,1-3H3,(H,23,27). The third-order valence-corrected chi connectivity index (χ3v) is 7.75. The predicted molar refractivity (Wildman–Crippen MR) is 112 cm³/mol. The van der Waals surface area contributed by atoms with E-state index in [9.17, 15) is 17.6 Å². The van der Waals surface area contributed by atoms with E-state index in [1.54, 1.807) is 26.0 Å². The van der Waals surface area contributed by atoms with Gasteiger partial charge in [0.15, 0.2) is 0 Å². The number of sulfonamides is 1. The topological polar surface area (TPSA) is 84.3 Å². The van der Waals surface area contributed by atoms with E-state index in [0.717, 1.165) is 18.4 Å². The molecule has 0 aliphatic carbocycles. The van der Waals surface area contributed by atoms with Crippen LogP contribution in [0.3, 0.4) is 0 Å². The van der Waals surface area contributed by atoms with E-state index in [1.807, 2.05) is 0 Å². The quantitative estimate of drug-likeness (QED) is 0.723. The molecule has 1 aromatic carbocycles. The Morgan fingerprint density at radius 1 is 1.20 bits per heavy atom. The summed E-state index contributed by atoms with van der Waals surface area (Å²) in [6.45, 7) is 6.85. The smallest absolute Gasteiger partial charge is 0.246 e.